The van der Waals surface area contributed by atoms with E-state index >= 15 is 0 Å². The van der Waals surface area contributed by atoms with Gasteiger partial charge in [-0.3, -0.25) is 0 Å². The van der Waals surface area contributed by atoms with Gasteiger partial charge in [-0.15, -0.1) is 0 Å². The second-order valence-electron chi connectivity index (χ2n) is 2.60. The summed E-state index contributed by atoms with van der Waals surface area (Å²) in [6.45, 7) is 6.69. The fourth-order valence-electron chi connectivity index (χ4n) is 0.631. The quantitative estimate of drug-likeness (QED) is 0.506. The average molecular weight is 126 g/mol. The third kappa shape index (κ3) is 5.61. The van der Waals surface area contributed by atoms with Gasteiger partial charge in [0.15, 0.2) is 0 Å². The molecule has 0 aromatic carbocycles. The summed E-state index contributed by atoms with van der Waals surface area (Å²) in [6.07, 6.45) is 8.37. The van der Waals surface area contributed by atoms with Gasteiger partial charge in [-0.25, -0.2) is 0 Å². The molecule has 1 unspecified atom stereocenters. The van der Waals surface area contributed by atoms with E-state index in [1.807, 2.05) is 0 Å². The molecule has 9 heavy (non-hydrogen) atoms. The van der Waals surface area contributed by atoms with E-state index in [4.69, 9.17) is 0 Å². The van der Waals surface area contributed by atoms with Crippen molar-refractivity contribution in [2.75, 3.05) is 0 Å². The van der Waals surface area contributed by atoms with E-state index in [0.717, 1.165) is 5.92 Å². The highest BCUT2D eigenvalue weighted by Crippen LogP contribution is 2.02. The molecule has 0 aromatic heterocycles. The fourth-order valence-corrected chi connectivity index (χ4v) is 0.631. The minimum Gasteiger partial charge on any atom is -0.0883 e. The summed E-state index contributed by atoms with van der Waals surface area (Å²) in [4.78, 5) is 0. The van der Waals surface area contributed by atoms with Crippen LogP contribution in [0.5, 0.6) is 0 Å². The van der Waals surface area contributed by atoms with Crippen molar-refractivity contribution in [2.24, 2.45) is 5.92 Å². The van der Waals surface area contributed by atoms with Gasteiger partial charge in [0.1, 0.15) is 0 Å². The summed E-state index contributed by atoms with van der Waals surface area (Å²) >= 11 is 0. The van der Waals surface area contributed by atoms with Gasteiger partial charge >= 0.3 is 0 Å². The van der Waals surface area contributed by atoms with Gasteiger partial charge in [0, 0.05) is 0 Å². The monoisotopic (exact) mass is 126 g/mol. The molecule has 0 spiro atoms. The Hall–Kier alpha value is -0.260. The van der Waals surface area contributed by atoms with Gasteiger partial charge in [0.2, 0.25) is 0 Å². The molecule has 1 atom stereocenters. The van der Waals surface area contributed by atoms with Crippen LogP contribution in [-0.4, -0.2) is 0 Å². The van der Waals surface area contributed by atoms with E-state index in [1.165, 1.54) is 19.3 Å². The van der Waals surface area contributed by atoms with Crippen molar-refractivity contribution >= 4 is 0 Å². The lowest BCUT2D eigenvalue weighted by Gasteiger charge is -1.97. The molecule has 0 aliphatic carbocycles. The zero-order valence-corrected chi connectivity index (χ0v) is 6.85. The molecule has 54 valence electrons. The van der Waals surface area contributed by atoms with Crippen LogP contribution in [0.3, 0.4) is 0 Å². The van der Waals surface area contributed by atoms with E-state index in [0.29, 0.717) is 0 Å². The van der Waals surface area contributed by atoms with Crippen LogP contribution >= 0.6 is 0 Å². The lowest BCUT2D eigenvalue weighted by molar-refractivity contribution is 0.694. The van der Waals surface area contributed by atoms with E-state index in [-0.39, 0.29) is 0 Å². The van der Waals surface area contributed by atoms with Gasteiger partial charge in [-0.1, -0.05) is 45.8 Å². The van der Waals surface area contributed by atoms with Gasteiger partial charge in [0.25, 0.3) is 0 Å². The first-order valence-electron chi connectivity index (χ1n) is 3.97. The van der Waals surface area contributed by atoms with Crippen molar-refractivity contribution in [3.8, 4) is 0 Å². The van der Waals surface area contributed by atoms with E-state index in [1.54, 1.807) is 0 Å². The van der Waals surface area contributed by atoms with E-state index < -0.39 is 0 Å². The van der Waals surface area contributed by atoms with Crippen LogP contribution in [0.1, 0.15) is 40.0 Å². The molecule has 0 aliphatic heterocycles. The molecule has 0 bridgehead atoms. The van der Waals surface area contributed by atoms with Crippen LogP contribution in [-0.2, 0) is 0 Å². The third-order valence-corrected chi connectivity index (χ3v) is 1.56. The van der Waals surface area contributed by atoms with E-state index in [9.17, 15) is 0 Å². The van der Waals surface area contributed by atoms with Crippen LogP contribution in [0, 0.1) is 5.92 Å². The molecular formula is C9H18. The molecule has 0 amide bonds. The van der Waals surface area contributed by atoms with Crippen molar-refractivity contribution in [3.05, 3.63) is 12.2 Å². The maximum atomic E-state index is 2.31. The first kappa shape index (κ1) is 8.74. The molecule has 0 aliphatic rings. The number of allylic oxidation sites excluding steroid dienone is 2. The van der Waals surface area contributed by atoms with Crippen LogP contribution in [0.25, 0.3) is 0 Å². The Balaban J connectivity index is 3.20. The van der Waals surface area contributed by atoms with Crippen LogP contribution in [0.15, 0.2) is 12.2 Å². The number of hydrogen-bond acceptors (Lipinski definition) is 0. The van der Waals surface area contributed by atoms with Crippen LogP contribution in [0.4, 0.5) is 0 Å². The lowest BCUT2D eigenvalue weighted by atomic mass is 10.1. The first-order chi connectivity index (χ1) is 4.31. The van der Waals surface area contributed by atoms with Crippen molar-refractivity contribution in [3.63, 3.8) is 0 Å². The van der Waals surface area contributed by atoms with Crippen molar-refractivity contribution in [1.82, 2.24) is 0 Å². The maximum absolute atomic E-state index is 2.31. The summed E-state index contributed by atoms with van der Waals surface area (Å²) in [7, 11) is 0. The summed E-state index contributed by atoms with van der Waals surface area (Å²) in [5, 5.41) is 0. The predicted molar refractivity (Wildman–Crippen MR) is 43.5 cm³/mol. The topological polar surface area (TPSA) is 0 Å². The molecular weight excluding hydrogens is 108 g/mol. The number of unbranched alkanes of at least 4 members (excludes halogenated alkanes) is 1. The Morgan fingerprint density at radius 3 is 2.44 bits per heavy atom. The summed E-state index contributed by atoms with van der Waals surface area (Å²) in [5.74, 6) is 0.775. The Labute approximate surface area is 59.0 Å². The first-order valence-corrected chi connectivity index (χ1v) is 3.97. The molecule has 0 heterocycles. The van der Waals surface area contributed by atoms with Crippen molar-refractivity contribution in [2.45, 2.75) is 40.0 Å². The zero-order valence-electron chi connectivity index (χ0n) is 6.85. The Kier molecular flexibility index (Phi) is 5.70. The molecule has 0 nitrogen and oxygen atoms in total. The number of rotatable bonds is 4. The number of hydrogen-bond donors (Lipinski definition) is 0. The zero-order chi connectivity index (χ0) is 7.11. The average Bonchev–Trinajstić information content (AvgIpc) is 1.89. The molecule has 0 heteroatoms. The van der Waals surface area contributed by atoms with E-state index in [2.05, 4.69) is 32.9 Å². The lowest BCUT2D eigenvalue weighted by Crippen LogP contribution is -1.83. The maximum Gasteiger partial charge on any atom is -0.0265 e. The SMILES string of the molecule is CCCC=CC(C)CC. The molecule has 0 rings (SSSR count). The molecule has 0 saturated heterocycles. The third-order valence-electron chi connectivity index (χ3n) is 1.56. The Bertz CT molecular complexity index is 72.1. The molecule has 0 saturated carbocycles. The highest BCUT2D eigenvalue weighted by atomic mass is 13.9. The van der Waals surface area contributed by atoms with Gasteiger partial charge in [-0.2, -0.15) is 0 Å². The summed E-state index contributed by atoms with van der Waals surface area (Å²) < 4.78 is 0. The summed E-state index contributed by atoms with van der Waals surface area (Å²) in [6, 6.07) is 0. The molecule has 0 N–H and O–H groups in total. The molecule has 0 fully saturated rings. The second kappa shape index (κ2) is 5.87. The summed E-state index contributed by atoms with van der Waals surface area (Å²) in [5.41, 5.74) is 0. The van der Waals surface area contributed by atoms with Crippen LogP contribution < -0.4 is 0 Å². The van der Waals surface area contributed by atoms with Gasteiger partial charge in [-0.05, 0) is 12.3 Å². The highest BCUT2D eigenvalue weighted by Gasteiger charge is 1.87. The van der Waals surface area contributed by atoms with Crippen molar-refractivity contribution < 1.29 is 0 Å². The van der Waals surface area contributed by atoms with Crippen LogP contribution in [0.2, 0.25) is 0 Å². The smallest absolute Gasteiger partial charge is 0.0265 e. The normalized spacial score (nSPS) is 14.6. The predicted octanol–water partition coefficient (Wildman–Crippen LogP) is 3.39. The molecule has 0 radical (unpaired) electrons. The minimum atomic E-state index is 0.775. The second-order valence-corrected chi connectivity index (χ2v) is 2.60. The van der Waals surface area contributed by atoms with Gasteiger partial charge < -0.3 is 0 Å². The minimum absolute atomic E-state index is 0.775. The van der Waals surface area contributed by atoms with Crippen molar-refractivity contribution in [1.29, 1.82) is 0 Å². The highest BCUT2D eigenvalue weighted by molar-refractivity contribution is 4.85. The standard InChI is InChI=1S/C9H18/c1-4-6-7-8-9(3)5-2/h7-9H,4-6H2,1-3H3. The largest absolute Gasteiger partial charge is 0.0883 e. The fraction of sp³-hybridized carbons (Fsp3) is 0.778. The molecule has 0 aromatic rings. The van der Waals surface area contributed by atoms with Gasteiger partial charge in [0.05, 0.1) is 0 Å². The Morgan fingerprint density at radius 2 is 2.00 bits per heavy atom. The Morgan fingerprint density at radius 1 is 1.33 bits per heavy atom.